The number of nitrogens with zero attached hydrogens (tertiary/aromatic N) is 2. The van der Waals surface area contributed by atoms with Crippen LogP contribution in [0.5, 0.6) is 5.75 Å². The largest absolute Gasteiger partial charge is 0.426 e. The summed E-state index contributed by atoms with van der Waals surface area (Å²) < 4.78 is 5.36. The number of benzene rings is 1. The lowest BCUT2D eigenvalue weighted by Crippen LogP contribution is -2.42. The van der Waals surface area contributed by atoms with Crippen LogP contribution in [0.4, 0.5) is 5.69 Å². The normalized spacial score (nSPS) is 10.8. The Morgan fingerprint density at radius 1 is 1.09 bits per heavy atom. The quantitative estimate of drug-likeness (QED) is 0.596. The summed E-state index contributed by atoms with van der Waals surface area (Å²) in [4.78, 5) is 28.4. The van der Waals surface area contributed by atoms with Crippen LogP contribution in [0.3, 0.4) is 0 Å². The first kappa shape index (κ1) is 19.0. The lowest BCUT2D eigenvalue weighted by molar-refractivity contribution is -0.134. The van der Waals surface area contributed by atoms with Crippen molar-refractivity contribution in [2.45, 2.75) is 53.1 Å². The second-order valence-electron chi connectivity index (χ2n) is 6.30. The van der Waals surface area contributed by atoms with E-state index in [0.717, 1.165) is 5.69 Å². The number of amides is 1. The Kier molecular flexibility index (Phi) is 6.61. The summed E-state index contributed by atoms with van der Waals surface area (Å²) in [5, 5.41) is 0. The van der Waals surface area contributed by atoms with E-state index in [1.807, 2.05) is 52.8 Å². The van der Waals surface area contributed by atoms with Crippen LogP contribution in [0.2, 0.25) is 0 Å². The van der Waals surface area contributed by atoms with Gasteiger partial charge < -0.3 is 14.5 Å². The van der Waals surface area contributed by atoms with Gasteiger partial charge in [-0.25, -0.2) is 0 Å². The minimum atomic E-state index is -0.350. The first-order valence-corrected chi connectivity index (χ1v) is 8.03. The molecule has 0 saturated heterocycles. The van der Waals surface area contributed by atoms with E-state index in [2.05, 4.69) is 0 Å². The third-order valence-corrected chi connectivity index (χ3v) is 3.57. The van der Waals surface area contributed by atoms with Crippen molar-refractivity contribution in [1.29, 1.82) is 0 Å². The SMILES string of the molecule is CCC(=O)Oc1ccc(N(C)C)cc1C(=O)N(C(C)C)C(C)C. The fourth-order valence-corrected chi connectivity index (χ4v) is 2.45. The van der Waals surface area contributed by atoms with Gasteiger partial charge >= 0.3 is 5.97 Å². The minimum absolute atomic E-state index is 0.0558. The van der Waals surface area contributed by atoms with E-state index < -0.39 is 0 Å². The fraction of sp³-hybridized carbons (Fsp3) is 0.556. The molecule has 1 rings (SSSR count). The van der Waals surface area contributed by atoms with Crippen molar-refractivity contribution >= 4 is 17.6 Å². The third-order valence-electron chi connectivity index (χ3n) is 3.57. The molecule has 1 aromatic rings. The molecule has 0 heterocycles. The Balaban J connectivity index is 3.35. The van der Waals surface area contributed by atoms with Crippen LogP contribution in [0, 0.1) is 0 Å². The summed E-state index contributed by atoms with van der Waals surface area (Å²) >= 11 is 0. The number of hydrogen-bond acceptors (Lipinski definition) is 4. The predicted octanol–water partition coefficient (Wildman–Crippen LogP) is 3.33. The van der Waals surface area contributed by atoms with Gasteiger partial charge in [-0.05, 0) is 45.9 Å². The molecule has 1 aromatic carbocycles. The van der Waals surface area contributed by atoms with Crippen molar-refractivity contribution in [3.05, 3.63) is 23.8 Å². The number of rotatable bonds is 6. The average Bonchev–Trinajstić information content (AvgIpc) is 2.46. The van der Waals surface area contributed by atoms with E-state index >= 15 is 0 Å². The number of hydrogen-bond donors (Lipinski definition) is 0. The smallest absolute Gasteiger partial charge is 0.310 e. The second kappa shape index (κ2) is 7.99. The summed E-state index contributed by atoms with van der Waals surface area (Å²) in [6.07, 6.45) is 0.265. The van der Waals surface area contributed by atoms with Gasteiger partial charge in [0.1, 0.15) is 5.75 Å². The minimum Gasteiger partial charge on any atom is -0.426 e. The molecule has 0 aliphatic carbocycles. The molecule has 0 spiro atoms. The van der Waals surface area contributed by atoms with Gasteiger partial charge in [0.15, 0.2) is 0 Å². The van der Waals surface area contributed by atoms with E-state index in [1.54, 1.807) is 24.0 Å². The van der Waals surface area contributed by atoms with Crippen LogP contribution in [0.15, 0.2) is 18.2 Å². The topological polar surface area (TPSA) is 49.9 Å². The molecule has 5 heteroatoms. The first-order valence-electron chi connectivity index (χ1n) is 8.03. The molecule has 0 fully saturated rings. The van der Waals surface area contributed by atoms with Crippen molar-refractivity contribution in [2.24, 2.45) is 0 Å². The zero-order valence-corrected chi connectivity index (χ0v) is 15.2. The summed E-state index contributed by atoms with van der Waals surface area (Å²) in [6.45, 7) is 9.64. The Bertz CT molecular complexity index is 557. The van der Waals surface area contributed by atoms with Crippen molar-refractivity contribution in [2.75, 3.05) is 19.0 Å². The van der Waals surface area contributed by atoms with Crippen LogP contribution >= 0.6 is 0 Å². The molecular weight excluding hydrogens is 292 g/mol. The maximum atomic E-state index is 13.0. The van der Waals surface area contributed by atoms with Gasteiger partial charge in [0, 0.05) is 38.3 Å². The highest BCUT2D eigenvalue weighted by atomic mass is 16.5. The van der Waals surface area contributed by atoms with Gasteiger partial charge in [0.25, 0.3) is 5.91 Å². The second-order valence-corrected chi connectivity index (χ2v) is 6.30. The molecule has 0 radical (unpaired) electrons. The summed E-state index contributed by atoms with van der Waals surface area (Å²) in [7, 11) is 3.81. The lowest BCUT2D eigenvalue weighted by Gasteiger charge is -2.31. The molecule has 0 saturated carbocycles. The highest BCUT2D eigenvalue weighted by Gasteiger charge is 2.25. The van der Waals surface area contributed by atoms with Gasteiger partial charge in [-0.15, -0.1) is 0 Å². The Morgan fingerprint density at radius 3 is 2.09 bits per heavy atom. The zero-order valence-electron chi connectivity index (χ0n) is 15.2. The maximum Gasteiger partial charge on any atom is 0.310 e. The zero-order chi connectivity index (χ0) is 17.7. The summed E-state index contributed by atoms with van der Waals surface area (Å²) in [5.74, 6) is -0.159. The highest BCUT2D eigenvalue weighted by molar-refractivity contribution is 5.99. The third kappa shape index (κ3) is 4.71. The molecule has 23 heavy (non-hydrogen) atoms. The van der Waals surface area contributed by atoms with Crippen molar-refractivity contribution in [3.8, 4) is 5.75 Å². The molecule has 5 nitrogen and oxygen atoms in total. The molecule has 1 amide bonds. The lowest BCUT2D eigenvalue weighted by atomic mass is 10.1. The molecule has 0 unspecified atom stereocenters. The van der Waals surface area contributed by atoms with Gasteiger partial charge in [0.05, 0.1) is 5.56 Å². The summed E-state index contributed by atoms with van der Waals surface area (Å²) in [6, 6.07) is 5.41. The summed E-state index contributed by atoms with van der Waals surface area (Å²) in [5.41, 5.74) is 1.30. The molecule has 128 valence electrons. The van der Waals surface area contributed by atoms with Crippen molar-refractivity contribution in [1.82, 2.24) is 4.90 Å². The predicted molar refractivity (Wildman–Crippen MR) is 93.1 cm³/mol. The molecule has 0 atom stereocenters. The van der Waals surface area contributed by atoms with Gasteiger partial charge in [-0.2, -0.15) is 0 Å². The molecule has 0 aromatic heterocycles. The Hall–Kier alpha value is -2.04. The van der Waals surface area contributed by atoms with E-state index in [1.165, 1.54) is 0 Å². The van der Waals surface area contributed by atoms with Gasteiger partial charge in [-0.3, -0.25) is 9.59 Å². The molecular formula is C18H28N2O3. The van der Waals surface area contributed by atoms with Gasteiger partial charge in [0.2, 0.25) is 0 Å². The Morgan fingerprint density at radius 2 is 1.65 bits per heavy atom. The van der Waals surface area contributed by atoms with E-state index in [-0.39, 0.29) is 30.4 Å². The Labute approximate surface area is 139 Å². The van der Waals surface area contributed by atoms with Crippen LogP contribution in [-0.4, -0.2) is 43.0 Å². The van der Waals surface area contributed by atoms with E-state index in [4.69, 9.17) is 4.74 Å². The number of carbonyl (C=O) groups is 2. The van der Waals surface area contributed by atoms with E-state index in [9.17, 15) is 9.59 Å². The standard InChI is InChI=1S/C18H28N2O3/c1-8-17(21)23-16-10-9-14(19(6)7)11-15(16)18(22)20(12(2)3)13(4)5/h9-13H,8H2,1-7H3. The number of ether oxygens (including phenoxy) is 1. The van der Waals surface area contributed by atoms with E-state index in [0.29, 0.717) is 11.3 Å². The maximum absolute atomic E-state index is 13.0. The number of carbonyl (C=O) groups excluding carboxylic acids is 2. The molecule has 0 N–H and O–H groups in total. The van der Waals surface area contributed by atoms with Crippen molar-refractivity contribution < 1.29 is 14.3 Å². The highest BCUT2D eigenvalue weighted by Crippen LogP contribution is 2.27. The monoisotopic (exact) mass is 320 g/mol. The van der Waals surface area contributed by atoms with Crippen molar-refractivity contribution in [3.63, 3.8) is 0 Å². The molecule has 0 aliphatic heterocycles. The fourth-order valence-electron chi connectivity index (χ4n) is 2.45. The van der Waals surface area contributed by atoms with Crippen LogP contribution in [0.1, 0.15) is 51.4 Å². The van der Waals surface area contributed by atoms with Crippen LogP contribution < -0.4 is 9.64 Å². The number of esters is 1. The molecule has 0 aliphatic rings. The van der Waals surface area contributed by atoms with Crippen LogP contribution in [0.25, 0.3) is 0 Å². The average molecular weight is 320 g/mol. The molecule has 0 bridgehead atoms. The van der Waals surface area contributed by atoms with Crippen LogP contribution in [-0.2, 0) is 4.79 Å². The number of anilines is 1. The first-order chi connectivity index (χ1) is 10.7. The van der Waals surface area contributed by atoms with Gasteiger partial charge in [-0.1, -0.05) is 6.92 Å².